The summed E-state index contributed by atoms with van der Waals surface area (Å²) in [6.45, 7) is 2.03. The van der Waals surface area contributed by atoms with Crippen molar-refractivity contribution in [3.63, 3.8) is 0 Å². The Morgan fingerprint density at radius 2 is 1.73 bits per heavy atom. The zero-order valence-electron chi connectivity index (χ0n) is 8.37. The van der Waals surface area contributed by atoms with E-state index in [4.69, 9.17) is 0 Å². The molecule has 1 nitrogen and oxygen atoms in total. The highest BCUT2D eigenvalue weighted by atomic mass is 16.1. The molecular weight excluding hydrogens is 184 g/mol. The molecule has 15 heavy (non-hydrogen) atoms. The third-order valence-electron chi connectivity index (χ3n) is 2.96. The van der Waals surface area contributed by atoms with Crippen LogP contribution in [-0.4, -0.2) is 6.29 Å². The van der Waals surface area contributed by atoms with Crippen LogP contribution >= 0.6 is 0 Å². The minimum atomic E-state index is 0.660. The average Bonchev–Trinajstić information content (AvgIpc) is 2.28. The third kappa shape index (κ3) is 1.06. The summed E-state index contributed by atoms with van der Waals surface area (Å²) < 4.78 is 0. The molecule has 3 aromatic rings. The highest BCUT2D eigenvalue weighted by molar-refractivity contribution is 6.07. The van der Waals surface area contributed by atoms with Crippen molar-refractivity contribution >= 4 is 27.8 Å². The van der Waals surface area contributed by atoms with Gasteiger partial charge in [0.25, 0.3) is 0 Å². The lowest BCUT2D eigenvalue weighted by Crippen LogP contribution is -1.89. The van der Waals surface area contributed by atoms with E-state index in [0.29, 0.717) is 5.56 Å². The van der Waals surface area contributed by atoms with E-state index >= 15 is 0 Å². The van der Waals surface area contributed by atoms with E-state index in [1.165, 1.54) is 10.8 Å². The molecule has 0 heterocycles. The normalized spacial score (nSPS) is 11.3. The molecule has 0 unspecified atom stereocenters. The maximum atomic E-state index is 10.8. The van der Waals surface area contributed by atoms with Gasteiger partial charge in [-0.1, -0.05) is 18.2 Å². The van der Waals surface area contributed by atoms with Gasteiger partial charge in [0.05, 0.1) is 0 Å². The lowest BCUT2D eigenvalue weighted by Gasteiger charge is -2.09. The molecule has 0 aliphatic rings. The lowest BCUT2D eigenvalue weighted by atomic mass is 9.95. The highest BCUT2D eigenvalue weighted by Gasteiger charge is 2.07. The van der Waals surface area contributed by atoms with Gasteiger partial charge in [-0.25, -0.2) is 0 Å². The Morgan fingerprint density at radius 1 is 1.00 bits per heavy atom. The number of benzene rings is 3. The number of hydrogen-bond donors (Lipinski definition) is 0. The van der Waals surface area contributed by atoms with Crippen molar-refractivity contribution in [2.75, 3.05) is 0 Å². The van der Waals surface area contributed by atoms with E-state index in [0.717, 1.165) is 16.3 Å². The van der Waals surface area contributed by atoms with Crippen molar-refractivity contribution in [3.8, 4) is 0 Å². The van der Waals surface area contributed by atoms with Crippen LogP contribution in [0.1, 0.15) is 11.1 Å². The van der Waals surface area contributed by atoms with E-state index in [-0.39, 0.29) is 0 Å². The third-order valence-corrected chi connectivity index (χ3v) is 2.96. The largest absolute Gasteiger partial charge is 0.285 e. The summed E-state index contributed by atoms with van der Waals surface area (Å²) in [5.41, 5.74) is 1.79. The maximum absolute atomic E-state index is 10.8. The van der Waals surface area contributed by atoms with Crippen LogP contribution in [0.25, 0.3) is 21.5 Å². The van der Waals surface area contributed by atoms with Crippen LogP contribution in [0.4, 0.5) is 0 Å². The van der Waals surface area contributed by atoms with Gasteiger partial charge in [0.1, 0.15) is 0 Å². The van der Waals surface area contributed by atoms with Crippen LogP contribution in [0.5, 0.6) is 0 Å². The van der Waals surface area contributed by atoms with Gasteiger partial charge in [-0.05, 0) is 52.2 Å². The molecule has 1 radical (unpaired) electrons. The number of aryl methyl sites for hydroxylation is 1. The molecule has 0 N–H and O–H groups in total. The van der Waals surface area contributed by atoms with Gasteiger partial charge in [-0.3, -0.25) is 4.79 Å². The van der Waals surface area contributed by atoms with Crippen LogP contribution in [0, 0.1) is 6.92 Å². The van der Waals surface area contributed by atoms with E-state index < -0.39 is 0 Å². The molecule has 4 bridgehead atoms. The summed E-state index contributed by atoms with van der Waals surface area (Å²) >= 11 is 0. The second kappa shape index (κ2) is 2.80. The van der Waals surface area contributed by atoms with Crippen molar-refractivity contribution < 1.29 is 4.79 Å². The summed E-state index contributed by atoms with van der Waals surface area (Å²) in [4.78, 5) is 10.8. The highest BCUT2D eigenvalue weighted by Crippen LogP contribution is 2.29. The zero-order chi connectivity index (χ0) is 10.4. The standard InChI is InChI=1S/C14H9O/c1-9-5-12(8-15)14-7-13(9)10-3-2-4-11(14)6-10/h2-7H,1H3. The fraction of sp³-hybridized carbons (Fsp3) is 0.0714. The predicted molar refractivity (Wildman–Crippen MR) is 62.2 cm³/mol. The molecule has 0 amide bonds. The molecule has 0 aromatic heterocycles. The van der Waals surface area contributed by atoms with Gasteiger partial charge in [-0.2, -0.15) is 0 Å². The number of rotatable bonds is 1. The molecule has 0 saturated heterocycles. The Hall–Kier alpha value is -1.89. The smallest absolute Gasteiger partial charge is 0.234 e. The first-order valence-corrected chi connectivity index (χ1v) is 4.93. The van der Waals surface area contributed by atoms with Crippen molar-refractivity contribution in [1.82, 2.24) is 0 Å². The summed E-state index contributed by atoms with van der Waals surface area (Å²) in [6, 6.07) is 12.3. The summed E-state index contributed by atoms with van der Waals surface area (Å²) in [6.07, 6.45) is 2.01. The zero-order valence-corrected chi connectivity index (χ0v) is 8.37. The first-order valence-electron chi connectivity index (χ1n) is 4.93. The van der Waals surface area contributed by atoms with Crippen LogP contribution in [0.2, 0.25) is 0 Å². The molecular formula is C14H9O. The predicted octanol–water partition coefficient (Wildman–Crippen LogP) is 3.20. The van der Waals surface area contributed by atoms with Gasteiger partial charge in [0.2, 0.25) is 6.29 Å². The monoisotopic (exact) mass is 193 g/mol. The Kier molecular flexibility index (Phi) is 1.57. The average molecular weight is 193 g/mol. The van der Waals surface area contributed by atoms with Crippen LogP contribution < -0.4 is 0 Å². The Balaban J connectivity index is 2.65. The van der Waals surface area contributed by atoms with E-state index in [1.54, 1.807) is 0 Å². The fourth-order valence-corrected chi connectivity index (χ4v) is 2.20. The molecule has 0 spiro atoms. The maximum Gasteiger partial charge on any atom is 0.234 e. The fourth-order valence-electron chi connectivity index (χ4n) is 2.20. The van der Waals surface area contributed by atoms with Crippen LogP contribution in [0.3, 0.4) is 0 Å². The molecule has 71 valence electrons. The number of carbonyl (C=O) groups excluding carboxylic acids is 1. The van der Waals surface area contributed by atoms with Crippen molar-refractivity contribution in [1.29, 1.82) is 0 Å². The lowest BCUT2D eigenvalue weighted by molar-refractivity contribution is 0.563. The quantitative estimate of drug-likeness (QED) is 0.580. The molecule has 3 rings (SSSR count). The van der Waals surface area contributed by atoms with Gasteiger partial charge < -0.3 is 0 Å². The van der Waals surface area contributed by atoms with Crippen molar-refractivity contribution in [2.45, 2.75) is 6.92 Å². The van der Waals surface area contributed by atoms with E-state index in [2.05, 4.69) is 18.2 Å². The Morgan fingerprint density at radius 3 is 2.47 bits per heavy atom. The molecule has 0 aliphatic heterocycles. The SMILES string of the molecule is Cc1cc([C]=O)c2cc1c1cccc2c1. The number of hydrogen-bond acceptors (Lipinski definition) is 1. The van der Waals surface area contributed by atoms with Gasteiger partial charge >= 0.3 is 0 Å². The molecule has 0 fully saturated rings. The van der Waals surface area contributed by atoms with Crippen molar-refractivity contribution in [3.05, 3.63) is 47.5 Å². The first-order chi connectivity index (χ1) is 7.29. The van der Waals surface area contributed by atoms with E-state index in [9.17, 15) is 4.79 Å². The second-order valence-electron chi connectivity index (χ2n) is 3.90. The summed E-state index contributed by atoms with van der Waals surface area (Å²) in [5.74, 6) is 0. The van der Waals surface area contributed by atoms with Gasteiger partial charge in [-0.15, -0.1) is 0 Å². The van der Waals surface area contributed by atoms with Gasteiger partial charge in [0.15, 0.2) is 0 Å². The molecule has 0 atom stereocenters. The van der Waals surface area contributed by atoms with Crippen LogP contribution in [-0.2, 0) is 4.79 Å². The molecule has 0 saturated carbocycles. The minimum Gasteiger partial charge on any atom is -0.285 e. The molecule has 0 aliphatic carbocycles. The Bertz CT molecular complexity index is 652. The van der Waals surface area contributed by atoms with Crippen LogP contribution in [0.15, 0.2) is 36.4 Å². The minimum absolute atomic E-state index is 0.660. The topological polar surface area (TPSA) is 17.1 Å². The second-order valence-corrected chi connectivity index (χ2v) is 3.90. The molecule has 1 heteroatoms. The molecule has 3 aromatic carbocycles. The number of fused-ring (bicyclic) bond motifs is 6. The summed E-state index contributed by atoms with van der Waals surface area (Å²) in [7, 11) is 0. The first kappa shape index (κ1) is 8.42. The van der Waals surface area contributed by atoms with E-state index in [1.807, 2.05) is 31.4 Å². The van der Waals surface area contributed by atoms with Gasteiger partial charge in [0, 0.05) is 5.56 Å². The summed E-state index contributed by atoms with van der Waals surface area (Å²) in [5, 5.41) is 4.56. The van der Waals surface area contributed by atoms with Crippen molar-refractivity contribution in [2.24, 2.45) is 0 Å². The Labute approximate surface area is 87.7 Å².